The Labute approximate surface area is 135 Å². The van der Waals surface area contributed by atoms with E-state index in [0.29, 0.717) is 16.6 Å². The molecule has 2 aromatic rings. The van der Waals surface area contributed by atoms with Crippen LogP contribution in [0.3, 0.4) is 0 Å². The summed E-state index contributed by atoms with van der Waals surface area (Å²) >= 11 is 6.33. The molecule has 0 saturated carbocycles. The van der Waals surface area contributed by atoms with Gasteiger partial charge in [0.2, 0.25) is 0 Å². The number of hydrogen-bond donors (Lipinski definition) is 1. The molecule has 0 atom stereocenters. The average molecular weight is 319 g/mol. The van der Waals surface area contributed by atoms with E-state index in [1.54, 1.807) is 22.9 Å². The van der Waals surface area contributed by atoms with Crippen LogP contribution in [0.25, 0.3) is 6.08 Å². The Hall–Kier alpha value is -2.07. The second-order valence-corrected chi connectivity index (χ2v) is 5.97. The van der Waals surface area contributed by atoms with Gasteiger partial charge in [-0.25, -0.2) is 0 Å². The first kappa shape index (κ1) is 16.3. The number of aromatic hydroxyl groups is 1. The van der Waals surface area contributed by atoms with Gasteiger partial charge in [0, 0.05) is 17.7 Å². The van der Waals surface area contributed by atoms with Crippen LogP contribution in [-0.2, 0) is 6.54 Å². The van der Waals surface area contributed by atoms with Crippen LogP contribution in [0.2, 0.25) is 5.15 Å². The van der Waals surface area contributed by atoms with E-state index in [0.717, 1.165) is 17.8 Å². The third-order valence-corrected chi connectivity index (χ3v) is 3.60. The lowest BCUT2D eigenvalue weighted by Crippen LogP contribution is -2.06. The molecule has 22 heavy (non-hydrogen) atoms. The number of carbonyl (C=O) groups excluding carboxylic acids is 1. The molecule has 0 amide bonds. The highest BCUT2D eigenvalue weighted by atomic mass is 35.5. The minimum atomic E-state index is -0.146. The standard InChI is InChI=1S/C17H19ClN2O2/c1-11(2)10-20-17(18)15(12(3)19-20)8-9-16(22)13-4-6-14(21)7-5-13/h4-9,11,21H,10H2,1-3H3. The minimum absolute atomic E-state index is 0.134. The molecule has 0 aliphatic heterocycles. The van der Waals surface area contributed by atoms with Gasteiger partial charge in [-0.15, -0.1) is 0 Å². The molecule has 0 unspecified atom stereocenters. The smallest absolute Gasteiger partial charge is 0.185 e. The Morgan fingerprint density at radius 2 is 2.00 bits per heavy atom. The molecule has 0 bridgehead atoms. The highest BCUT2D eigenvalue weighted by Crippen LogP contribution is 2.22. The summed E-state index contributed by atoms with van der Waals surface area (Å²) in [5.41, 5.74) is 2.06. The molecule has 2 rings (SSSR count). The van der Waals surface area contributed by atoms with Crippen LogP contribution >= 0.6 is 11.6 Å². The predicted molar refractivity (Wildman–Crippen MR) is 88.3 cm³/mol. The van der Waals surface area contributed by atoms with E-state index in [-0.39, 0.29) is 11.5 Å². The number of allylic oxidation sites excluding steroid dienone is 1. The number of phenolic OH excluding ortho intramolecular Hbond substituents is 1. The molecule has 116 valence electrons. The molecule has 4 nitrogen and oxygen atoms in total. The number of aromatic nitrogens is 2. The van der Waals surface area contributed by atoms with Gasteiger partial charge in [0.05, 0.1) is 5.69 Å². The maximum atomic E-state index is 12.1. The highest BCUT2D eigenvalue weighted by molar-refractivity contribution is 6.31. The van der Waals surface area contributed by atoms with Crippen molar-refractivity contribution in [2.75, 3.05) is 0 Å². The summed E-state index contributed by atoms with van der Waals surface area (Å²) in [4.78, 5) is 12.1. The van der Waals surface area contributed by atoms with E-state index in [9.17, 15) is 9.90 Å². The van der Waals surface area contributed by atoms with E-state index >= 15 is 0 Å². The van der Waals surface area contributed by atoms with Crippen LogP contribution in [0.4, 0.5) is 0 Å². The lowest BCUT2D eigenvalue weighted by molar-refractivity contribution is 0.104. The normalized spacial score (nSPS) is 11.5. The molecule has 1 aromatic heterocycles. The number of halogens is 1. The summed E-state index contributed by atoms with van der Waals surface area (Å²) in [6, 6.07) is 6.14. The van der Waals surface area contributed by atoms with Crippen molar-refractivity contribution >= 4 is 23.5 Å². The summed E-state index contributed by atoms with van der Waals surface area (Å²) in [5.74, 6) is 0.425. The van der Waals surface area contributed by atoms with Crippen molar-refractivity contribution < 1.29 is 9.90 Å². The van der Waals surface area contributed by atoms with Gasteiger partial charge >= 0.3 is 0 Å². The lowest BCUT2D eigenvalue weighted by Gasteiger charge is -2.05. The molecule has 0 spiro atoms. The Bertz CT molecular complexity index is 700. The number of rotatable bonds is 5. The van der Waals surface area contributed by atoms with Crippen LogP contribution in [0, 0.1) is 12.8 Å². The van der Waals surface area contributed by atoms with Gasteiger partial charge in [-0.05, 0) is 49.3 Å². The van der Waals surface area contributed by atoms with Crippen LogP contribution in [-0.4, -0.2) is 20.7 Å². The summed E-state index contributed by atoms with van der Waals surface area (Å²) in [6.07, 6.45) is 3.17. The minimum Gasteiger partial charge on any atom is -0.508 e. The zero-order valence-electron chi connectivity index (χ0n) is 12.9. The largest absolute Gasteiger partial charge is 0.508 e. The molecular weight excluding hydrogens is 300 g/mol. The van der Waals surface area contributed by atoms with Gasteiger partial charge in [0.15, 0.2) is 5.78 Å². The predicted octanol–water partition coefficient (Wildman–Crippen LogP) is 4.10. The SMILES string of the molecule is Cc1nn(CC(C)C)c(Cl)c1C=CC(=O)c1ccc(O)cc1. The second kappa shape index (κ2) is 6.79. The van der Waals surface area contributed by atoms with Gasteiger partial charge < -0.3 is 5.11 Å². The Kier molecular flexibility index (Phi) is 5.03. The molecule has 0 aliphatic rings. The summed E-state index contributed by atoms with van der Waals surface area (Å²) in [6.45, 7) is 6.79. The van der Waals surface area contributed by atoms with Crippen molar-refractivity contribution in [2.45, 2.75) is 27.3 Å². The molecule has 0 saturated heterocycles. The molecule has 1 N–H and O–H groups in total. The summed E-state index contributed by atoms with van der Waals surface area (Å²) < 4.78 is 1.76. The van der Waals surface area contributed by atoms with Gasteiger partial charge in [-0.3, -0.25) is 9.48 Å². The zero-order chi connectivity index (χ0) is 16.3. The van der Waals surface area contributed by atoms with E-state index < -0.39 is 0 Å². The first-order chi connectivity index (χ1) is 10.4. The number of nitrogens with zero attached hydrogens (tertiary/aromatic N) is 2. The summed E-state index contributed by atoms with van der Waals surface area (Å²) in [5, 5.41) is 14.2. The van der Waals surface area contributed by atoms with Gasteiger partial charge in [0.1, 0.15) is 10.9 Å². The van der Waals surface area contributed by atoms with Crippen LogP contribution < -0.4 is 0 Å². The number of ketones is 1. The Balaban J connectivity index is 2.21. The van der Waals surface area contributed by atoms with Crippen LogP contribution in [0.1, 0.15) is 35.5 Å². The third-order valence-electron chi connectivity index (χ3n) is 3.20. The molecule has 0 aliphatic carbocycles. The van der Waals surface area contributed by atoms with Crippen molar-refractivity contribution in [1.82, 2.24) is 9.78 Å². The number of benzene rings is 1. The summed E-state index contributed by atoms with van der Waals surface area (Å²) in [7, 11) is 0. The average Bonchev–Trinajstić information content (AvgIpc) is 2.71. The quantitative estimate of drug-likeness (QED) is 0.667. The number of hydrogen-bond acceptors (Lipinski definition) is 3. The number of phenols is 1. The Morgan fingerprint density at radius 1 is 1.36 bits per heavy atom. The van der Waals surface area contributed by atoms with Crippen LogP contribution in [0.15, 0.2) is 30.3 Å². The van der Waals surface area contributed by atoms with E-state index in [2.05, 4.69) is 18.9 Å². The van der Waals surface area contributed by atoms with Gasteiger partial charge in [-0.1, -0.05) is 25.4 Å². The highest BCUT2D eigenvalue weighted by Gasteiger charge is 2.12. The Morgan fingerprint density at radius 3 is 2.59 bits per heavy atom. The first-order valence-electron chi connectivity index (χ1n) is 7.13. The maximum Gasteiger partial charge on any atom is 0.185 e. The van der Waals surface area contributed by atoms with Crippen molar-refractivity contribution in [2.24, 2.45) is 5.92 Å². The zero-order valence-corrected chi connectivity index (χ0v) is 13.6. The van der Waals surface area contributed by atoms with Gasteiger partial charge in [-0.2, -0.15) is 5.10 Å². The molecule has 0 radical (unpaired) electrons. The first-order valence-corrected chi connectivity index (χ1v) is 7.50. The topological polar surface area (TPSA) is 55.1 Å². The van der Waals surface area contributed by atoms with Crippen molar-refractivity contribution in [3.05, 3.63) is 52.3 Å². The lowest BCUT2D eigenvalue weighted by atomic mass is 10.1. The fourth-order valence-corrected chi connectivity index (χ4v) is 2.41. The molecule has 5 heteroatoms. The number of aryl methyl sites for hydroxylation is 1. The number of carbonyl (C=O) groups is 1. The fraction of sp³-hybridized carbons (Fsp3) is 0.294. The molecule has 1 aromatic carbocycles. The van der Waals surface area contributed by atoms with E-state index in [4.69, 9.17) is 11.6 Å². The van der Waals surface area contributed by atoms with Crippen molar-refractivity contribution in [3.8, 4) is 5.75 Å². The third kappa shape index (κ3) is 3.77. The van der Waals surface area contributed by atoms with Gasteiger partial charge in [0.25, 0.3) is 0 Å². The molecular formula is C17H19ClN2O2. The van der Waals surface area contributed by atoms with Crippen molar-refractivity contribution in [1.29, 1.82) is 0 Å². The molecule has 0 fully saturated rings. The fourth-order valence-electron chi connectivity index (χ4n) is 2.10. The second-order valence-electron chi connectivity index (χ2n) is 5.61. The van der Waals surface area contributed by atoms with E-state index in [1.165, 1.54) is 18.2 Å². The maximum absolute atomic E-state index is 12.1. The van der Waals surface area contributed by atoms with Crippen molar-refractivity contribution in [3.63, 3.8) is 0 Å². The van der Waals surface area contributed by atoms with Crippen LogP contribution in [0.5, 0.6) is 5.75 Å². The molecule has 1 heterocycles. The monoisotopic (exact) mass is 318 g/mol. The van der Waals surface area contributed by atoms with E-state index in [1.807, 2.05) is 6.92 Å².